The summed E-state index contributed by atoms with van der Waals surface area (Å²) < 4.78 is 27.8. The molecule has 1 saturated heterocycles. The van der Waals surface area contributed by atoms with Crippen LogP contribution in [0.1, 0.15) is 6.42 Å². The number of rotatable bonds is 5. The van der Waals surface area contributed by atoms with Crippen molar-refractivity contribution in [3.63, 3.8) is 0 Å². The fourth-order valence-electron chi connectivity index (χ4n) is 3.65. The molecule has 2 aromatic rings. The van der Waals surface area contributed by atoms with Crippen molar-refractivity contribution >= 4 is 27.1 Å². The number of piperazine rings is 1. The number of sulfonamides is 1. The van der Waals surface area contributed by atoms with Crippen LogP contribution in [0.3, 0.4) is 0 Å². The van der Waals surface area contributed by atoms with E-state index in [1.807, 2.05) is 4.90 Å². The molecule has 0 amide bonds. The van der Waals surface area contributed by atoms with Crippen LogP contribution in [0.5, 0.6) is 0 Å². The van der Waals surface area contributed by atoms with Gasteiger partial charge in [0.05, 0.1) is 9.82 Å². The van der Waals surface area contributed by atoms with Gasteiger partial charge in [0.1, 0.15) is 5.69 Å². The fraction of sp³-hybridized carbons (Fsp3) is 0.263. The van der Waals surface area contributed by atoms with Crippen LogP contribution in [0.25, 0.3) is 0 Å². The molecule has 0 aromatic heterocycles. The predicted octanol–water partition coefficient (Wildman–Crippen LogP) is 2.80. The number of fused-ring (bicyclic) bond motifs is 1. The van der Waals surface area contributed by atoms with Crippen molar-refractivity contribution < 1.29 is 13.3 Å². The highest BCUT2D eigenvalue weighted by molar-refractivity contribution is 7.92. The minimum absolute atomic E-state index is 0.132. The fourth-order valence-corrected chi connectivity index (χ4v) is 4.73. The molecule has 1 fully saturated rings. The molecule has 28 heavy (non-hydrogen) atoms. The van der Waals surface area contributed by atoms with Gasteiger partial charge in [0, 0.05) is 37.4 Å². The van der Waals surface area contributed by atoms with Crippen molar-refractivity contribution in [1.82, 2.24) is 4.90 Å². The summed E-state index contributed by atoms with van der Waals surface area (Å²) in [5.41, 5.74) is 0.657. The third-order valence-electron chi connectivity index (χ3n) is 5.05. The van der Waals surface area contributed by atoms with Crippen LogP contribution < -0.4 is 9.62 Å². The maximum atomic E-state index is 12.7. The Labute approximate surface area is 163 Å². The van der Waals surface area contributed by atoms with Gasteiger partial charge in [-0.05, 0) is 36.9 Å². The SMILES string of the molecule is O=[N+]([O-])c1cc(S(=O)(=O)Nc2ccccc2)ccc1N1CCN2C=CCC2C1. The molecule has 1 N–H and O–H groups in total. The maximum Gasteiger partial charge on any atom is 0.293 e. The van der Waals surface area contributed by atoms with E-state index in [0.717, 1.165) is 19.0 Å². The second-order valence-electron chi connectivity index (χ2n) is 6.84. The highest BCUT2D eigenvalue weighted by atomic mass is 32.2. The highest BCUT2D eigenvalue weighted by Crippen LogP contribution is 2.34. The number of para-hydroxylation sites is 1. The molecule has 0 radical (unpaired) electrons. The average molecular weight is 400 g/mol. The first kappa shape index (κ1) is 18.3. The van der Waals surface area contributed by atoms with E-state index in [1.165, 1.54) is 12.1 Å². The van der Waals surface area contributed by atoms with Crippen molar-refractivity contribution in [1.29, 1.82) is 0 Å². The van der Waals surface area contributed by atoms with Gasteiger partial charge in [-0.15, -0.1) is 0 Å². The molecule has 0 saturated carbocycles. The standard InChI is InChI=1S/C19H20N4O4S/c24-23(25)19-13-17(28(26,27)20-15-5-2-1-3-6-15)8-9-18(19)22-12-11-21-10-4-7-16(21)14-22/h1-6,8-10,13,16,20H,7,11-12,14H2. The van der Waals surface area contributed by atoms with Crippen LogP contribution in [-0.2, 0) is 10.0 Å². The molecule has 2 heterocycles. The summed E-state index contributed by atoms with van der Waals surface area (Å²) in [4.78, 5) is 15.2. The Hall–Kier alpha value is -3.07. The molecule has 4 rings (SSSR count). The van der Waals surface area contributed by atoms with Crippen LogP contribution in [0, 0.1) is 10.1 Å². The number of nitrogens with one attached hydrogen (secondary N) is 1. The van der Waals surface area contributed by atoms with Gasteiger partial charge in [-0.3, -0.25) is 14.8 Å². The molecule has 1 atom stereocenters. The van der Waals surface area contributed by atoms with Crippen molar-refractivity contribution in [3.8, 4) is 0 Å². The van der Waals surface area contributed by atoms with Gasteiger partial charge in [-0.2, -0.15) is 0 Å². The van der Waals surface area contributed by atoms with E-state index in [-0.39, 0.29) is 10.6 Å². The number of nitrogens with zero attached hydrogens (tertiary/aromatic N) is 3. The summed E-state index contributed by atoms with van der Waals surface area (Å²) in [6.07, 6.45) is 5.09. The van der Waals surface area contributed by atoms with Crippen LogP contribution in [-0.4, -0.2) is 43.9 Å². The van der Waals surface area contributed by atoms with Gasteiger partial charge in [0.25, 0.3) is 15.7 Å². The molecule has 2 aliphatic heterocycles. The first-order valence-corrected chi connectivity index (χ1v) is 10.5. The lowest BCUT2D eigenvalue weighted by Gasteiger charge is -2.39. The van der Waals surface area contributed by atoms with E-state index in [2.05, 4.69) is 21.9 Å². The molecular weight excluding hydrogens is 380 g/mol. The Bertz CT molecular complexity index is 1020. The Balaban J connectivity index is 1.63. The smallest absolute Gasteiger partial charge is 0.293 e. The zero-order chi connectivity index (χ0) is 19.7. The Morgan fingerprint density at radius 3 is 2.64 bits per heavy atom. The first-order chi connectivity index (χ1) is 13.4. The summed E-state index contributed by atoms with van der Waals surface area (Å²) in [7, 11) is -3.92. The summed E-state index contributed by atoms with van der Waals surface area (Å²) >= 11 is 0. The molecule has 0 spiro atoms. The average Bonchev–Trinajstić information content (AvgIpc) is 3.15. The molecule has 0 bridgehead atoms. The first-order valence-electron chi connectivity index (χ1n) is 8.98. The van der Waals surface area contributed by atoms with E-state index in [0.29, 0.717) is 30.5 Å². The Morgan fingerprint density at radius 1 is 1.11 bits per heavy atom. The topological polar surface area (TPSA) is 95.8 Å². The molecule has 146 valence electrons. The third kappa shape index (κ3) is 3.53. The van der Waals surface area contributed by atoms with Gasteiger partial charge in [-0.25, -0.2) is 8.42 Å². The lowest BCUT2D eigenvalue weighted by Crippen LogP contribution is -2.49. The molecule has 0 aliphatic carbocycles. The number of anilines is 2. The van der Waals surface area contributed by atoms with Crippen molar-refractivity contribution in [2.45, 2.75) is 17.4 Å². The quantitative estimate of drug-likeness (QED) is 0.612. The van der Waals surface area contributed by atoms with Gasteiger partial charge in [-0.1, -0.05) is 24.3 Å². The second-order valence-corrected chi connectivity index (χ2v) is 8.52. The molecule has 1 unspecified atom stereocenters. The largest absolute Gasteiger partial charge is 0.371 e. The number of hydrogen-bond acceptors (Lipinski definition) is 6. The van der Waals surface area contributed by atoms with Crippen molar-refractivity contribution in [2.24, 2.45) is 0 Å². The van der Waals surface area contributed by atoms with Crippen molar-refractivity contribution in [3.05, 3.63) is 70.9 Å². The predicted molar refractivity (Wildman–Crippen MR) is 107 cm³/mol. The maximum absolute atomic E-state index is 12.7. The summed E-state index contributed by atoms with van der Waals surface area (Å²) in [5, 5.41) is 11.7. The van der Waals surface area contributed by atoms with Gasteiger partial charge < -0.3 is 9.80 Å². The zero-order valence-corrected chi connectivity index (χ0v) is 15.9. The molecule has 2 aromatic carbocycles. The van der Waals surface area contributed by atoms with Crippen LogP contribution in [0.15, 0.2) is 65.7 Å². The minimum Gasteiger partial charge on any atom is -0.371 e. The zero-order valence-electron chi connectivity index (χ0n) is 15.1. The highest BCUT2D eigenvalue weighted by Gasteiger charge is 2.31. The number of nitro benzene ring substituents is 1. The molecule has 8 nitrogen and oxygen atoms in total. The van der Waals surface area contributed by atoms with E-state index in [4.69, 9.17) is 0 Å². The normalized spacial score (nSPS) is 18.8. The summed E-state index contributed by atoms with van der Waals surface area (Å²) in [6, 6.07) is 12.8. The molecular formula is C19H20N4O4S. The van der Waals surface area contributed by atoms with Crippen LogP contribution in [0.4, 0.5) is 17.1 Å². The molecule has 9 heteroatoms. The van der Waals surface area contributed by atoms with Crippen LogP contribution >= 0.6 is 0 Å². The second kappa shape index (κ2) is 7.16. The Kier molecular flexibility index (Phi) is 4.68. The minimum atomic E-state index is -3.92. The third-order valence-corrected chi connectivity index (χ3v) is 6.43. The summed E-state index contributed by atoms with van der Waals surface area (Å²) in [5.74, 6) is 0. The lowest BCUT2D eigenvalue weighted by atomic mass is 10.1. The van der Waals surface area contributed by atoms with Crippen LogP contribution in [0.2, 0.25) is 0 Å². The number of nitro groups is 1. The van der Waals surface area contributed by atoms with E-state index < -0.39 is 14.9 Å². The van der Waals surface area contributed by atoms with E-state index in [1.54, 1.807) is 30.3 Å². The number of benzene rings is 2. The van der Waals surface area contributed by atoms with E-state index in [9.17, 15) is 18.5 Å². The monoisotopic (exact) mass is 400 g/mol. The van der Waals surface area contributed by atoms with Gasteiger partial charge in [0.2, 0.25) is 0 Å². The van der Waals surface area contributed by atoms with Crippen molar-refractivity contribution in [2.75, 3.05) is 29.3 Å². The van der Waals surface area contributed by atoms with Gasteiger partial charge in [0.15, 0.2) is 0 Å². The lowest BCUT2D eigenvalue weighted by molar-refractivity contribution is -0.384. The molecule has 2 aliphatic rings. The van der Waals surface area contributed by atoms with E-state index >= 15 is 0 Å². The summed E-state index contributed by atoms with van der Waals surface area (Å²) in [6.45, 7) is 2.10. The van der Waals surface area contributed by atoms with Gasteiger partial charge >= 0.3 is 0 Å². The Morgan fingerprint density at radius 2 is 1.89 bits per heavy atom. The number of hydrogen-bond donors (Lipinski definition) is 1.